The van der Waals surface area contributed by atoms with Crippen molar-refractivity contribution >= 4 is 21.8 Å². The highest BCUT2D eigenvalue weighted by atomic mass is 79.9. The van der Waals surface area contributed by atoms with Crippen molar-refractivity contribution in [1.82, 2.24) is 5.32 Å². The zero-order chi connectivity index (χ0) is 11.7. The number of rotatable bonds is 1. The summed E-state index contributed by atoms with van der Waals surface area (Å²) in [7, 11) is 0. The Hall–Kier alpha value is -1.01. The smallest absolute Gasteiger partial charge is 0.246 e. The van der Waals surface area contributed by atoms with E-state index >= 15 is 0 Å². The Morgan fingerprint density at radius 3 is 2.50 bits per heavy atom. The molecule has 1 atom stereocenters. The van der Waals surface area contributed by atoms with E-state index in [1.807, 2.05) is 0 Å². The van der Waals surface area contributed by atoms with Crippen LogP contribution in [0.5, 0.6) is 0 Å². The topological polar surface area (TPSA) is 38.3 Å². The lowest BCUT2D eigenvalue weighted by Gasteiger charge is -2.24. The van der Waals surface area contributed by atoms with Crippen LogP contribution in [-0.2, 0) is 9.53 Å². The number of ether oxygens (including phenoxy) is 1. The molecule has 1 aliphatic rings. The summed E-state index contributed by atoms with van der Waals surface area (Å²) in [6, 6.07) is 2.33. The molecule has 2 rings (SSSR count). The number of hydrogen-bond donors (Lipinski definition) is 1. The lowest BCUT2D eigenvalue weighted by molar-refractivity contribution is -0.133. The number of hydrogen-bond acceptors (Lipinski definition) is 2. The van der Waals surface area contributed by atoms with Gasteiger partial charge >= 0.3 is 0 Å². The molecule has 1 heterocycles. The third-order valence-corrected chi connectivity index (χ3v) is 2.72. The molecule has 1 amide bonds. The number of nitrogens with one attached hydrogen (secondary N) is 1. The molecule has 0 saturated carbocycles. The van der Waals surface area contributed by atoms with Gasteiger partial charge in [-0.25, -0.2) is 8.78 Å². The summed E-state index contributed by atoms with van der Waals surface area (Å²) in [5.74, 6) is -1.66. The van der Waals surface area contributed by atoms with Gasteiger partial charge in [0.05, 0.1) is 5.56 Å². The zero-order valence-electron chi connectivity index (χ0n) is 8.10. The molecule has 86 valence electrons. The van der Waals surface area contributed by atoms with E-state index in [1.54, 1.807) is 0 Å². The first-order valence-corrected chi connectivity index (χ1v) is 5.40. The maximum atomic E-state index is 13.5. The van der Waals surface area contributed by atoms with Crippen molar-refractivity contribution < 1.29 is 18.3 Å². The maximum Gasteiger partial charge on any atom is 0.246 e. The van der Waals surface area contributed by atoms with E-state index in [-0.39, 0.29) is 24.6 Å². The van der Waals surface area contributed by atoms with Gasteiger partial charge in [-0.05, 0) is 12.1 Å². The van der Waals surface area contributed by atoms with Gasteiger partial charge < -0.3 is 10.1 Å². The molecule has 1 aromatic rings. The SMILES string of the molecule is O=C1CO[C@H](c2c(F)cc(Br)cc2F)CN1. The van der Waals surface area contributed by atoms with Crippen LogP contribution >= 0.6 is 15.9 Å². The number of halogens is 3. The average Bonchev–Trinajstić information content (AvgIpc) is 2.19. The van der Waals surface area contributed by atoms with E-state index in [1.165, 1.54) is 0 Å². The van der Waals surface area contributed by atoms with Crippen LogP contribution in [0.1, 0.15) is 11.7 Å². The molecular formula is C10H8BrF2NO2. The lowest BCUT2D eigenvalue weighted by Crippen LogP contribution is -2.39. The quantitative estimate of drug-likeness (QED) is 0.858. The molecule has 0 unspecified atom stereocenters. The predicted molar refractivity (Wildman–Crippen MR) is 55.8 cm³/mol. The van der Waals surface area contributed by atoms with E-state index in [2.05, 4.69) is 21.2 Å². The minimum Gasteiger partial charge on any atom is -0.362 e. The van der Waals surface area contributed by atoms with Gasteiger partial charge in [0, 0.05) is 11.0 Å². The predicted octanol–water partition coefficient (Wildman–Crippen LogP) is 1.91. The van der Waals surface area contributed by atoms with Gasteiger partial charge in [-0.3, -0.25) is 4.79 Å². The molecule has 0 aliphatic carbocycles. The number of morpholine rings is 1. The second kappa shape index (κ2) is 4.47. The van der Waals surface area contributed by atoms with Crippen LogP contribution in [0.2, 0.25) is 0 Å². The van der Waals surface area contributed by atoms with E-state index < -0.39 is 17.7 Å². The fourth-order valence-corrected chi connectivity index (χ4v) is 1.94. The zero-order valence-corrected chi connectivity index (χ0v) is 9.68. The molecule has 1 aliphatic heterocycles. The molecule has 1 fully saturated rings. The van der Waals surface area contributed by atoms with Crippen molar-refractivity contribution in [3.63, 3.8) is 0 Å². The first-order chi connectivity index (χ1) is 7.58. The van der Waals surface area contributed by atoms with Gasteiger partial charge in [0.25, 0.3) is 0 Å². The first-order valence-electron chi connectivity index (χ1n) is 4.60. The monoisotopic (exact) mass is 291 g/mol. The van der Waals surface area contributed by atoms with E-state index in [0.29, 0.717) is 4.47 Å². The van der Waals surface area contributed by atoms with E-state index in [9.17, 15) is 13.6 Å². The fraction of sp³-hybridized carbons (Fsp3) is 0.300. The van der Waals surface area contributed by atoms with Crippen molar-refractivity contribution in [3.05, 3.63) is 33.8 Å². The third-order valence-electron chi connectivity index (χ3n) is 2.27. The van der Waals surface area contributed by atoms with Crippen LogP contribution < -0.4 is 5.32 Å². The Morgan fingerprint density at radius 1 is 1.38 bits per heavy atom. The molecule has 0 bridgehead atoms. The summed E-state index contributed by atoms with van der Waals surface area (Å²) in [5, 5.41) is 2.49. The van der Waals surface area contributed by atoms with Crippen LogP contribution in [0.3, 0.4) is 0 Å². The van der Waals surface area contributed by atoms with Crippen LogP contribution in [0.15, 0.2) is 16.6 Å². The van der Waals surface area contributed by atoms with Crippen molar-refractivity contribution in [2.75, 3.05) is 13.2 Å². The first kappa shape index (κ1) is 11.5. The summed E-state index contributed by atoms with van der Waals surface area (Å²) in [6.07, 6.45) is -0.772. The van der Waals surface area contributed by atoms with Crippen molar-refractivity contribution in [2.24, 2.45) is 0 Å². The highest BCUT2D eigenvalue weighted by Gasteiger charge is 2.26. The van der Waals surface area contributed by atoms with Gasteiger partial charge in [0.2, 0.25) is 5.91 Å². The highest BCUT2D eigenvalue weighted by Crippen LogP contribution is 2.27. The van der Waals surface area contributed by atoms with Gasteiger partial charge in [0.15, 0.2) is 0 Å². The van der Waals surface area contributed by atoms with Crippen LogP contribution in [0, 0.1) is 11.6 Å². The number of carbonyl (C=O) groups is 1. The third kappa shape index (κ3) is 2.22. The molecule has 0 radical (unpaired) electrons. The summed E-state index contributed by atoms with van der Waals surface area (Å²) >= 11 is 2.99. The fourth-order valence-electron chi connectivity index (χ4n) is 1.54. The summed E-state index contributed by atoms with van der Waals surface area (Å²) in [4.78, 5) is 10.8. The Balaban J connectivity index is 2.30. The van der Waals surface area contributed by atoms with E-state index in [4.69, 9.17) is 4.74 Å². The minimum atomic E-state index is -0.772. The number of amides is 1. The number of carbonyl (C=O) groups excluding carboxylic acids is 1. The minimum absolute atomic E-state index is 0.0777. The van der Waals surface area contributed by atoms with Gasteiger partial charge in [-0.15, -0.1) is 0 Å². The Bertz CT molecular complexity index is 406. The molecule has 16 heavy (non-hydrogen) atoms. The largest absolute Gasteiger partial charge is 0.362 e. The highest BCUT2D eigenvalue weighted by molar-refractivity contribution is 9.10. The van der Waals surface area contributed by atoms with Crippen LogP contribution in [-0.4, -0.2) is 19.1 Å². The van der Waals surface area contributed by atoms with Gasteiger partial charge in [-0.2, -0.15) is 0 Å². The van der Waals surface area contributed by atoms with Gasteiger partial charge in [0.1, 0.15) is 24.3 Å². The van der Waals surface area contributed by atoms with Crippen molar-refractivity contribution in [1.29, 1.82) is 0 Å². The molecule has 1 aromatic carbocycles. The number of benzene rings is 1. The van der Waals surface area contributed by atoms with Gasteiger partial charge in [-0.1, -0.05) is 15.9 Å². The molecule has 3 nitrogen and oxygen atoms in total. The molecular weight excluding hydrogens is 284 g/mol. The molecule has 0 aromatic heterocycles. The van der Waals surface area contributed by atoms with Crippen molar-refractivity contribution in [2.45, 2.75) is 6.10 Å². The lowest BCUT2D eigenvalue weighted by atomic mass is 10.1. The van der Waals surface area contributed by atoms with E-state index in [0.717, 1.165) is 12.1 Å². The standard InChI is InChI=1S/C10H8BrF2NO2/c11-5-1-6(12)10(7(13)2-5)8-3-14-9(15)4-16-8/h1-2,8H,3-4H2,(H,14,15)/t8-/m0/s1. The Morgan fingerprint density at radius 2 is 2.00 bits per heavy atom. The molecule has 1 N–H and O–H groups in total. The molecule has 1 saturated heterocycles. The maximum absolute atomic E-state index is 13.5. The summed E-state index contributed by atoms with van der Waals surface area (Å²) < 4.78 is 32.5. The summed E-state index contributed by atoms with van der Waals surface area (Å²) in [5.41, 5.74) is -0.150. The average molecular weight is 292 g/mol. The molecule has 6 heteroatoms. The van der Waals surface area contributed by atoms with Crippen molar-refractivity contribution in [3.8, 4) is 0 Å². The Kier molecular flexibility index (Phi) is 3.20. The normalized spacial score (nSPS) is 20.7. The molecule has 0 spiro atoms. The Labute approximate surface area is 98.9 Å². The van der Waals surface area contributed by atoms with Crippen LogP contribution in [0.4, 0.5) is 8.78 Å². The summed E-state index contributed by atoms with van der Waals surface area (Å²) in [6.45, 7) is -0.103. The second-order valence-electron chi connectivity index (χ2n) is 3.39. The second-order valence-corrected chi connectivity index (χ2v) is 4.30. The van der Waals surface area contributed by atoms with Crippen LogP contribution in [0.25, 0.3) is 0 Å².